The topological polar surface area (TPSA) is 174 Å². The van der Waals surface area contributed by atoms with Crippen molar-refractivity contribution in [1.82, 2.24) is 25.6 Å². The Balaban J connectivity index is 1.31. The van der Waals surface area contributed by atoms with E-state index in [0.29, 0.717) is 36.3 Å². The van der Waals surface area contributed by atoms with Crippen molar-refractivity contribution in [2.45, 2.75) is 45.1 Å². The number of rotatable bonds is 15. The van der Waals surface area contributed by atoms with E-state index in [9.17, 15) is 19.2 Å². The lowest BCUT2D eigenvalue weighted by Gasteiger charge is -2.19. The van der Waals surface area contributed by atoms with E-state index in [1.807, 2.05) is 60.7 Å². The summed E-state index contributed by atoms with van der Waals surface area (Å²) in [5.74, 6) is -1.51. The van der Waals surface area contributed by atoms with Crippen LogP contribution in [0.4, 0.5) is 15.3 Å². The number of nitrogens with one attached hydrogen (secondary N) is 3. The van der Waals surface area contributed by atoms with Crippen molar-refractivity contribution in [3.8, 4) is 11.3 Å². The van der Waals surface area contributed by atoms with Gasteiger partial charge in [-0.05, 0) is 42.5 Å². The molecule has 13 heteroatoms. The standard InChI is InChI=1S/C32H34N6O7/c39-29(40)20-38-19-28(36-37-38)25-14-9-15-26(18-25)34-30(41)27(35-32(43)45-22-24-12-5-2-6-13-24)16-7-8-17-33-31(42)44-21-23-10-3-1-4-11-23/h1-6,9-15,18-19,27H,7-8,16-17,20-22H2,(H,33,42)(H,34,41)(H,35,43)(H,39,40)/t27-/m0/s1. The third-order valence-electron chi connectivity index (χ3n) is 6.48. The minimum absolute atomic E-state index is 0.0423. The van der Waals surface area contributed by atoms with E-state index in [0.717, 1.165) is 11.1 Å². The molecule has 0 radical (unpaired) electrons. The molecule has 0 aliphatic carbocycles. The molecule has 0 aliphatic rings. The van der Waals surface area contributed by atoms with Gasteiger partial charge in [-0.2, -0.15) is 0 Å². The zero-order chi connectivity index (χ0) is 31.9. The Kier molecular flexibility index (Phi) is 12.0. The maximum Gasteiger partial charge on any atom is 0.408 e. The summed E-state index contributed by atoms with van der Waals surface area (Å²) in [7, 11) is 0. The summed E-state index contributed by atoms with van der Waals surface area (Å²) >= 11 is 0. The first-order valence-electron chi connectivity index (χ1n) is 14.3. The molecule has 13 nitrogen and oxygen atoms in total. The van der Waals surface area contributed by atoms with Crippen LogP contribution in [-0.4, -0.2) is 56.7 Å². The fraction of sp³-hybridized carbons (Fsp3) is 0.250. The highest BCUT2D eigenvalue weighted by Crippen LogP contribution is 2.21. The molecule has 0 saturated carbocycles. The largest absolute Gasteiger partial charge is 0.480 e. The van der Waals surface area contributed by atoms with Crippen LogP contribution in [0.25, 0.3) is 11.3 Å². The molecule has 0 aliphatic heterocycles. The van der Waals surface area contributed by atoms with Crippen LogP contribution < -0.4 is 16.0 Å². The second kappa shape index (κ2) is 16.8. The Morgan fingerprint density at radius 1 is 0.822 bits per heavy atom. The van der Waals surface area contributed by atoms with Gasteiger partial charge in [0.15, 0.2) is 0 Å². The second-order valence-corrected chi connectivity index (χ2v) is 10.0. The number of aliphatic carboxylic acids is 1. The van der Waals surface area contributed by atoms with Crippen LogP contribution >= 0.6 is 0 Å². The van der Waals surface area contributed by atoms with Gasteiger partial charge < -0.3 is 30.5 Å². The van der Waals surface area contributed by atoms with Crippen LogP contribution in [0.15, 0.2) is 91.1 Å². The molecular weight excluding hydrogens is 580 g/mol. The fourth-order valence-electron chi connectivity index (χ4n) is 4.25. The summed E-state index contributed by atoms with van der Waals surface area (Å²) in [4.78, 5) is 48.9. The van der Waals surface area contributed by atoms with E-state index in [-0.39, 0.29) is 26.2 Å². The average molecular weight is 615 g/mol. The molecule has 0 saturated heterocycles. The number of hydrogen-bond acceptors (Lipinski definition) is 8. The van der Waals surface area contributed by atoms with Crippen LogP contribution in [0.3, 0.4) is 0 Å². The third kappa shape index (κ3) is 11.1. The van der Waals surface area contributed by atoms with Crippen molar-refractivity contribution in [3.63, 3.8) is 0 Å². The Hall–Kier alpha value is -5.72. The Morgan fingerprint density at radius 2 is 1.49 bits per heavy atom. The molecule has 0 fully saturated rings. The number of unbranched alkanes of at least 4 members (excludes halogenated alkanes) is 1. The Bertz CT molecular complexity index is 1560. The first-order chi connectivity index (χ1) is 21.9. The number of alkyl carbamates (subject to hydrolysis) is 2. The summed E-state index contributed by atoms with van der Waals surface area (Å²) in [6.07, 6.45) is 1.52. The summed E-state index contributed by atoms with van der Waals surface area (Å²) in [5.41, 5.74) is 3.16. The Labute approximate surface area is 259 Å². The van der Waals surface area contributed by atoms with E-state index in [1.54, 1.807) is 24.3 Å². The van der Waals surface area contributed by atoms with Gasteiger partial charge in [-0.25, -0.2) is 14.3 Å². The number of amides is 3. The van der Waals surface area contributed by atoms with Gasteiger partial charge in [0.1, 0.15) is 31.5 Å². The summed E-state index contributed by atoms with van der Waals surface area (Å²) in [6, 6.07) is 24.4. The highest BCUT2D eigenvalue weighted by Gasteiger charge is 2.22. The second-order valence-electron chi connectivity index (χ2n) is 10.0. The highest BCUT2D eigenvalue weighted by atomic mass is 16.6. The van der Waals surface area contributed by atoms with Crippen molar-refractivity contribution in [2.24, 2.45) is 0 Å². The lowest BCUT2D eigenvalue weighted by atomic mass is 10.1. The molecule has 0 bridgehead atoms. The van der Waals surface area contributed by atoms with Crippen molar-refractivity contribution in [1.29, 1.82) is 0 Å². The van der Waals surface area contributed by atoms with Gasteiger partial charge in [-0.1, -0.05) is 78.0 Å². The van der Waals surface area contributed by atoms with Crippen LogP contribution in [0.1, 0.15) is 30.4 Å². The first-order valence-corrected chi connectivity index (χ1v) is 14.3. The molecule has 1 atom stereocenters. The zero-order valence-corrected chi connectivity index (χ0v) is 24.4. The van der Waals surface area contributed by atoms with Crippen LogP contribution in [0.2, 0.25) is 0 Å². The molecule has 234 valence electrons. The van der Waals surface area contributed by atoms with Gasteiger partial charge in [0.05, 0.1) is 6.20 Å². The molecule has 0 unspecified atom stereocenters. The molecule has 0 spiro atoms. The minimum Gasteiger partial charge on any atom is -0.480 e. The average Bonchev–Trinajstić information content (AvgIpc) is 3.51. The molecule has 1 heterocycles. The van der Waals surface area contributed by atoms with Crippen LogP contribution in [0.5, 0.6) is 0 Å². The minimum atomic E-state index is -1.05. The summed E-state index contributed by atoms with van der Waals surface area (Å²) < 4.78 is 11.7. The predicted molar refractivity (Wildman–Crippen MR) is 164 cm³/mol. The highest BCUT2D eigenvalue weighted by molar-refractivity contribution is 5.97. The predicted octanol–water partition coefficient (Wildman–Crippen LogP) is 4.36. The van der Waals surface area contributed by atoms with Gasteiger partial charge in [-0.15, -0.1) is 5.10 Å². The van der Waals surface area contributed by atoms with E-state index in [2.05, 4.69) is 26.3 Å². The quantitative estimate of drug-likeness (QED) is 0.142. The third-order valence-corrected chi connectivity index (χ3v) is 6.48. The maximum atomic E-state index is 13.3. The SMILES string of the molecule is O=C(O)Cn1cc(-c2cccc(NC(=O)[C@H](CCCCNC(=O)OCc3ccccc3)NC(=O)OCc3ccccc3)c2)nn1. The number of anilines is 1. The number of carboxylic acid groups (broad SMARTS) is 1. The van der Waals surface area contributed by atoms with Gasteiger partial charge in [0, 0.05) is 17.8 Å². The number of carboxylic acids is 1. The number of nitrogens with zero attached hydrogens (tertiary/aromatic N) is 3. The summed E-state index contributed by atoms with van der Waals surface area (Å²) in [5, 5.41) is 24.9. The van der Waals surface area contributed by atoms with Gasteiger partial charge in [-0.3, -0.25) is 9.59 Å². The normalized spacial score (nSPS) is 11.2. The molecule has 3 amide bonds. The molecule has 3 aromatic carbocycles. The number of hydrogen-bond donors (Lipinski definition) is 4. The van der Waals surface area contributed by atoms with Crippen molar-refractivity contribution >= 4 is 29.8 Å². The first kappa shape index (κ1) is 32.2. The fourth-order valence-corrected chi connectivity index (χ4v) is 4.25. The van der Waals surface area contributed by atoms with Crippen molar-refractivity contribution < 1.29 is 33.8 Å². The zero-order valence-electron chi connectivity index (χ0n) is 24.4. The van der Waals surface area contributed by atoms with E-state index >= 15 is 0 Å². The van der Waals surface area contributed by atoms with Gasteiger partial charge in [0.2, 0.25) is 5.91 Å². The smallest absolute Gasteiger partial charge is 0.408 e. The van der Waals surface area contributed by atoms with E-state index in [4.69, 9.17) is 14.6 Å². The van der Waals surface area contributed by atoms with Gasteiger partial charge >= 0.3 is 18.2 Å². The molecule has 4 rings (SSSR count). The monoisotopic (exact) mass is 614 g/mol. The lowest BCUT2D eigenvalue weighted by Crippen LogP contribution is -2.44. The van der Waals surface area contributed by atoms with Crippen molar-refractivity contribution in [3.05, 3.63) is 102 Å². The van der Waals surface area contributed by atoms with Crippen LogP contribution in [-0.2, 0) is 38.8 Å². The van der Waals surface area contributed by atoms with Crippen molar-refractivity contribution in [2.75, 3.05) is 11.9 Å². The number of aromatic nitrogens is 3. The molecule has 1 aromatic heterocycles. The lowest BCUT2D eigenvalue weighted by molar-refractivity contribution is -0.137. The Morgan fingerprint density at radius 3 is 2.16 bits per heavy atom. The molecular formula is C32H34N6O7. The number of ether oxygens (including phenoxy) is 2. The number of carbonyl (C=O) groups excluding carboxylic acids is 3. The van der Waals surface area contributed by atoms with E-state index < -0.39 is 30.1 Å². The maximum absolute atomic E-state index is 13.3. The molecule has 4 N–H and O–H groups in total. The number of benzene rings is 3. The number of carbonyl (C=O) groups is 4. The molecule has 4 aromatic rings. The summed E-state index contributed by atoms with van der Waals surface area (Å²) in [6.45, 7) is 0.194. The van der Waals surface area contributed by atoms with E-state index in [1.165, 1.54) is 10.9 Å². The van der Waals surface area contributed by atoms with Gasteiger partial charge in [0.25, 0.3) is 0 Å². The molecule has 45 heavy (non-hydrogen) atoms. The van der Waals surface area contributed by atoms with Crippen LogP contribution in [0, 0.1) is 0 Å².